The molecule has 3 nitrogen and oxygen atoms in total. The molecule has 2 aromatic rings. The Balaban J connectivity index is 1.94. The van der Waals surface area contributed by atoms with Crippen LogP contribution in [0.3, 0.4) is 0 Å². The summed E-state index contributed by atoms with van der Waals surface area (Å²) in [5, 5.41) is 4.58. The lowest BCUT2D eigenvalue weighted by atomic mass is 10.2. The molecule has 4 heteroatoms. The second kappa shape index (κ2) is 6.75. The van der Waals surface area contributed by atoms with Crippen molar-refractivity contribution in [2.75, 3.05) is 0 Å². The molecule has 0 aliphatic rings. The van der Waals surface area contributed by atoms with Crippen LogP contribution in [0.2, 0.25) is 0 Å². The van der Waals surface area contributed by atoms with E-state index in [-0.39, 0.29) is 5.78 Å². The van der Waals surface area contributed by atoms with Crippen LogP contribution in [0.1, 0.15) is 49.3 Å². The third-order valence-corrected chi connectivity index (χ3v) is 4.40. The van der Waals surface area contributed by atoms with E-state index in [1.807, 2.05) is 35.1 Å². The Morgan fingerprint density at radius 3 is 2.60 bits per heavy atom. The fraction of sp³-hybridized carbons (Fsp3) is 0.375. The predicted molar refractivity (Wildman–Crippen MR) is 83.2 cm³/mol. The smallest absolute Gasteiger partial charge is 0.159 e. The summed E-state index contributed by atoms with van der Waals surface area (Å²) in [6.07, 6.45) is 3.13. The molecule has 1 aromatic heterocycles. The first-order valence-corrected chi connectivity index (χ1v) is 7.86. The lowest BCUT2D eigenvalue weighted by Crippen LogP contribution is -2.04. The van der Waals surface area contributed by atoms with Crippen LogP contribution in [0.5, 0.6) is 0 Å². The van der Waals surface area contributed by atoms with Crippen molar-refractivity contribution in [2.45, 2.75) is 43.9 Å². The molecule has 20 heavy (non-hydrogen) atoms. The van der Waals surface area contributed by atoms with Crippen LogP contribution < -0.4 is 0 Å². The van der Waals surface area contributed by atoms with Crippen LogP contribution >= 0.6 is 11.8 Å². The van der Waals surface area contributed by atoms with Crippen LogP contribution in [0.4, 0.5) is 0 Å². The van der Waals surface area contributed by atoms with Gasteiger partial charge in [0.25, 0.3) is 0 Å². The van der Waals surface area contributed by atoms with Crippen LogP contribution in [0.15, 0.2) is 41.4 Å². The quantitative estimate of drug-likeness (QED) is 0.585. The van der Waals surface area contributed by atoms with Crippen molar-refractivity contribution in [1.82, 2.24) is 9.78 Å². The van der Waals surface area contributed by atoms with Crippen molar-refractivity contribution in [3.63, 3.8) is 0 Å². The summed E-state index contributed by atoms with van der Waals surface area (Å²) in [6, 6.07) is 10.3. The molecule has 0 saturated heterocycles. The van der Waals surface area contributed by atoms with E-state index in [0.29, 0.717) is 6.04 Å². The fourth-order valence-electron chi connectivity index (χ4n) is 1.83. The molecule has 0 fully saturated rings. The van der Waals surface area contributed by atoms with E-state index in [1.54, 1.807) is 18.7 Å². The molecule has 1 unspecified atom stereocenters. The zero-order valence-electron chi connectivity index (χ0n) is 12.2. The van der Waals surface area contributed by atoms with E-state index in [2.05, 4.69) is 25.0 Å². The molecule has 0 spiro atoms. The van der Waals surface area contributed by atoms with Crippen LogP contribution in [-0.2, 0) is 5.75 Å². The lowest BCUT2D eigenvalue weighted by molar-refractivity contribution is 0.101. The van der Waals surface area contributed by atoms with Crippen LogP contribution in [0.25, 0.3) is 0 Å². The average molecular weight is 288 g/mol. The zero-order valence-corrected chi connectivity index (χ0v) is 13.0. The Hall–Kier alpha value is -1.55. The molecule has 1 heterocycles. The number of carbonyl (C=O) groups excluding carboxylic acids is 1. The minimum atomic E-state index is 0.105. The standard InChI is InChI=1S/C16H20N2OS/c1-4-12(2)18-10-9-15(17-18)11-20-16-7-5-14(6-8-16)13(3)19/h5-10,12H,4,11H2,1-3H3. The van der Waals surface area contributed by atoms with Crippen molar-refractivity contribution < 1.29 is 4.79 Å². The highest BCUT2D eigenvalue weighted by atomic mass is 32.2. The summed E-state index contributed by atoms with van der Waals surface area (Å²) in [5.41, 5.74) is 1.85. The van der Waals surface area contributed by atoms with Crippen LogP contribution in [-0.4, -0.2) is 15.6 Å². The first-order valence-electron chi connectivity index (χ1n) is 6.88. The van der Waals surface area contributed by atoms with Crippen molar-refractivity contribution in [1.29, 1.82) is 0 Å². The van der Waals surface area contributed by atoms with Gasteiger partial charge in [0.2, 0.25) is 0 Å². The zero-order chi connectivity index (χ0) is 14.5. The van der Waals surface area contributed by atoms with Gasteiger partial charge in [0.15, 0.2) is 5.78 Å². The number of carbonyl (C=O) groups is 1. The molecule has 106 valence electrons. The summed E-state index contributed by atoms with van der Waals surface area (Å²) in [4.78, 5) is 12.4. The summed E-state index contributed by atoms with van der Waals surface area (Å²) < 4.78 is 2.02. The number of Topliss-reactive ketones (excluding diaryl/α,β-unsaturated/α-hetero) is 1. The number of aromatic nitrogens is 2. The van der Waals surface area contributed by atoms with Crippen molar-refractivity contribution in [3.8, 4) is 0 Å². The molecule has 0 aliphatic carbocycles. The molecule has 1 atom stereocenters. The number of rotatable bonds is 6. The average Bonchev–Trinajstić information content (AvgIpc) is 2.93. The normalized spacial score (nSPS) is 12.3. The first-order chi connectivity index (χ1) is 9.60. The first kappa shape index (κ1) is 14.9. The maximum atomic E-state index is 11.2. The second-order valence-electron chi connectivity index (χ2n) is 4.91. The number of hydrogen-bond donors (Lipinski definition) is 0. The lowest BCUT2D eigenvalue weighted by Gasteiger charge is -2.08. The largest absolute Gasteiger partial charge is 0.295 e. The third kappa shape index (κ3) is 3.73. The van der Waals surface area contributed by atoms with Gasteiger partial charge in [-0.05, 0) is 38.5 Å². The van der Waals surface area contributed by atoms with E-state index >= 15 is 0 Å². The van der Waals surface area contributed by atoms with Gasteiger partial charge >= 0.3 is 0 Å². The Morgan fingerprint density at radius 2 is 2.00 bits per heavy atom. The Labute approximate surface area is 124 Å². The van der Waals surface area contributed by atoms with Gasteiger partial charge in [-0.1, -0.05) is 19.1 Å². The number of benzene rings is 1. The van der Waals surface area contributed by atoms with Crippen molar-refractivity contribution in [2.24, 2.45) is 0 Å². The molecular formula is C16H20N2OS. The molecule has 0 bridgehead atoms. The molecule has 2 rings (SSSR count). The maximum absolute atomic E-state index is 11.2. The molecule has 0 saturated carbocycles. The van der Waals surface area contributed by atoms with Gasteiger partial charge < -0.3 is 0 Å². The van der Waals surface area contributed by atoms with Gasteiger partial charge in [-0.25, -0.2) is 0 Å². The molecule has 0 N–H and O–H groups in total. The molecular weight excluding hydrogens is 268 g/mol. The summed E-state index contributed by atoms with van der Waals surface area (Å²) in [5.74, 6) is 0.955. The van der Waals surface area contributed by atoms with Gasteiger partial charge in [-0.3, -0.25) is 9.48 Å². The molecule has 0 aliphatic heterocycles. The minimum Gasteiger partial charge on any atom is -0.295 e. The second-order valence-corrected chi connectivity index (χ2v) is 5.96. The van der Waals surface area contributed by atoms with Gasteiger partial charge in [-0.2, -0.15) is 5.10 Å². The number of nitrogens with zero attached hydrogens (tertiary/aromatic N) is 2. The van der Waals surface area contributed by atoms with Gasteiger partial charge in [0.05, 0.1) is 5.69 Å². The summed E-state index contributed by atoms with van der Waals surface area (Å²) >= 11 is 1.74. The van der Waals surface area contributed by atoms with Gasteiger partial charge in [0, 0.05) is 28.5 Å². The van der Waals surface area contributed by atoms with Crippen molar-refractivity contribution in [3.05, 3.63) is 47.8 Å². The number of ketones is 1. The maximum Gasteiger partial charge on any atom is 0.159 e. The number of thioether (sulfide) groups is 1. The third-order valence-electron chi connectivity index (χ3n) is 3.35. The van der Waals surface area contributed by atoms with Crippen LogP contribution in [0, 0.1) is 0 Å². The Kier molecular flexibility index (Phi) is 5.01. The van der Waals surface area contributed by atoms with E-state index in [0.717, 1.165) is 28.3 Å². The predicted octanol–water partition coefficient (Wildman–Crippen LogP) is 4.35. The molecule has 0 radical (unpaired) electrons. The Bertz CT molecular complexity index is 574. The fourth-order valence-corrected chi connectivity index (χ4v) is 2.63. The molecule has 1 aromatic carbocycles. The monoisotopic (exact) mass is 288 g/mol. The highest BCUT2D eigenvalue weighted by Gasteiger charge is 2.05. The summed E-state index contributed by atoms with van der Waals surface area (Å²) in [6.45, 7) is 5.92. The highest BCUT2D eigenvalue weighted by molar-refractivity contribution is 7.98. The van der Waals surface area contributed by atoms with E-state index in [9.17, 15) is 4.79 Å². The topological polar surface area (TPSA) is 34.9 Å². The number of hydrogen-bond acceptors (Lipinski definition) is 3. The van der Waals surface area contributed by atoms with Gasteiger partial charge in [-0.15, -0.1) is 11.8 Å². The minimum absolute atomic E-state index is 0.105. The van der Waals surface area contributed by atoms with Crippen molar-refractivity contribution >= 4 is 17.5 Å². The Morgan fingerprint density at radius 1 is 1.30 bits per heavy atom. The SMILES string of the molecule is CCC(C)n1ccc(CSc2ccc(C(C)=O)cc2)n1. The van der Waals surface area contributed by atoms with E-state index < -0.39 is 0 Å². The van der Waals surface area contributed by atoms with Gasteiger partial charge in [0.1, 0.15) is 0 Å². The van der Waals surface area contributed by atoms with E-state index in [4.69, 9.17) is 0 Å². The summed E-state index contributed by atoms with van der Waals surface area (Å²) in [7, 11) is 0. The molecule has 0 amide bonds. The van der Waals surface area contributed by atoms with E-state index in [1.165, 1.54) is 0 Å². The highest BCUT2D eigenvalue weighted by Crippen LogP contribution is 2.23.